The van der Waals surface area contributed by atoms with Crippen LogP contribution in [0.4, 0.5) is 0 Å². The van der Waals surface area contributed by atoms with Gasteiger partial charge in [0.25, 0.3) is 0 Å². The number of rotatable bonds is 10. The highest BCUT2D eigenvalue weighted by Gasteiger charge is 2.35. The Labute approximate surface area is 255 Å². The van der Waals surface area contributed by atoms with E-state index in [1.807, 2.05) is 6.07 Å². The molecule has 0 radical (unpaired) electrons. The van der Waals surface area contributed by atoms with Crippen LogP contribution in [0.3, 0.4) is 0 Å². The molecule has 3 aromatic rings. The molecule has 1 saturated carbocycles. The summed E-state index contributed by atoms with van der Waals surface area (Å²) >= 11 is 7.63. The lowest BCUT2D eigenvalue weighted by atomic mass is 9.82. The van der Waals surface area contributed by atoms with E-state index in [-0.39, 0.29) is 18.3 Å². The van der Waals surface area contributed by atoms with Crippen molar-refractivity contribution >= 4 is 22.9 Å². The van der Waals surface area contributed by atoms with Gasteiger partial charge in [0.15, 0.2) is 0 Å². The smallest absolute Gasteiger partial charge is 0.207 e. The fraction of sp³-hybridized carbons (Fsp3) is 0.588. The molecule has 1 saturated heterocycles. The van der Waals surface area contributed by atoms with Crippen molar-refractivity contribution in [1.29, 1.82) is 0 Å². The van der Waals surface area contributed by atoms with Gasteiger partial charge in [-0.3, -0.25) is 0 Å². The van der Waals surface area contributed by atoms with Crippen LogP contribution in [0, 0.1) is 11.8 Å². The largest absolute Gasteiger partial charge is 0.374 e. The second-order valence-corrected chi connectivity index (χ2v) is 13.5. The molecule has 2 fully saturated rings. The SMILES string of the molecule is Clc1nnc(CC2CCCCCCCC(C3CC(OCc4ccccc4)CC(COCc4ccccc4)O3)CC2)s1. The maximum Gasteiger partial charge on any atom is 0.207 e. The summed E-state index contributed by atoms with van der Waals surface area (Å²) in [7, 11) is 0. The van der Waals surface area contributed by atoms with Gasteiger partial charge in [0, 0.05) is 19.3 Å². The monoisotopic (exact) mass is 596 g/mol. The number of nitrogens with zero attached hydrogens (tertiary/aromatic N) is 2. The summed E-state index contributed by atoms with van der Waals surface area (Å²) in [6.07, 6.45) is 14.7. The van der Waals surface area contributed by atoms with Crippen molar-refractivity contribution in [3.63, 3.8) is 0 Å². The second-order valence-electron chi connectivity index (χ2n) is 11.9. The molecule has 1 aliphatic carbocycles. The van der Waals surface area contributed by atoms with Crippen LogP contribution >= 0.6 is 22.9 Å². The molecule has 0 bridgehead atoms. The molecular weight excluding hydrogens is 552 g/mol. The first-order valence-corrected chi connectivity index (χ1v) is 16.8. The first-order valence-electron chi connectivity index (χ1n) is 15.6. The van der Waals surface area contributed by atoms with E-state index < -0.39 is 0 Å². The Morgan fingerprint density at radius 1 is 0.780 bits per heavy atom. The molecule has 2 aromatic carbocycles. The van der Waals surface area contributed by atoms with E-state index in [9.17, 15) is 0 Å². The number of aromatic nitrogens is 2. The Hall–Kier alpha value is -1.83. The van der Waals surface area contributed by atoms with Crippen molar-refractivity contribution in [3.05, 3.63) is 81.3 Å². The number of hydrogen-bond acceptors (Lipinski definition) is 6. The van der Waals surface area contributed by atoms with Gasteiger partial charge in [0.2, 0.25) is 4.47 Å². The lowest BCUT2D eigenvalue weighted by Gasteiger charge is -2.39. The predicted octanol–water partition coefficient (Wildman–Crippen LogP) is 8.84. The Morgan fingerprint density at radius 2 is 1.49 bits per heavy atom. The highest BCUT2D eigenvalue weighted by atomic mass is 35.5. The molecule has 1 aliphatic heterocycles. The van der Waals surface area contributed by atoms with E-state index >= 15 is 0 Å². The van der Waals surface area contributed by atoms with Crippen molar-refractivity contribution in [1.82, 2.24) is 10.2 Å². The maximum absolute atomic E-state index is 6.86. The highest BCUT2D eigenvalue weighted by Crippen LogP contribution is 2.35. The lowest BCUT2D eigenvalue weighted by molar-refractivity contribution is -0.157. The van der Waals surface area contributed by atoms with E-state index in [2.05, 4.69) is 64.8 Å². The quantitative estimate of drug-likeness (QED) is 0.234. The minimum Gasteiger partial charge on any atom is -0.374 e. The number of halogens is 1. The Bertz CT molecular complexity index is 1130. The predicted molar refractivity (Wildman–Crippen MR) is 166 cm³/mol. The van der Waals surface area contributed by atoms with Crippen LogP contribution < -0.4 is 0 Å². The van der Waals surface area contributed by atoms with Crippen LogP contribution in [0.2, 0.25) is 4.47 Å². The van der Waals surface area contributed by atoms with Gasteiger partial charge < -0.3 is 14.2 Å². The molecule has 5 nitrogen and oxygen atoms in total. The van der Waals surface area contributed by atoms with Gasteiger partial charge in [0.05, 0.1) is 38.1 Å². The van der Waals surface area contributed by atoms with Crippen LogP contribution in [0.1, 0.15) is 86.8 Å². The van der Waals surface area contributed by atoms with Gasteiger partial charge >= 0.3 is 0 Å². The topological polar surface area (TPSA) is 53.5 Å². The lowest BCUT2D eigenvalue weighted by Crippen LogP contribution is -2.42. The number of hydrogen-bond donors (Lipinski definition) is 0. The van der Waals surface area contributed by atoms with Crippen LogP contribution in [0.5, 0.6) is 0 Å². The first kappa shape index (κ1) is 30.6. The Balaban J connectivity index is 1.23. The number of benzene rings is 2. The molecule has 2 heterocycles. The third kappa shape index (κ3) is 10.4. The normalized spacial score (nSPS) is 26.3. The molecule has 5 rings (SSSR count). The third-order valence-electron chi connectivity index (χ3n) is 8.70. The van der Waals surface area contributed by atoms with Crippen molar-refractivity contribution in [2.75, 3.05) is 6.61 Å². The van der Waals surface area contributed by atoms with E-state index in [1.54, 1.807) is 0 Å². The molecule has 0 N–H and O–H groups in total. The zero-order valence-corrected chi connectivity index (χ0v) is 25.7. The summed E-state index contributed by atoms with van der Waals surface area (Å²) in [5, 5.41) is 9.45. The van der Waals surface area contributed by atoms with Crippen molar-refractivity contribution < 1.29 is 14.2 Å². The Morgan fingerprint density at radius 3 is 2.22 bits per heavy atom. The molecule has 7 heteroatoms. The standard InChI is InChI=1S/C34H45ClN2O3S/c35-34-37-36-33(41-34)20-26-12-6-2-1-3-11-17-29(19-18-26)32-22-30(39-24-28-15-9-5-10-16-28)21-31(40-32)25-38-23-27-13-7-4-8-14-27/h4-5,7-10,13-16,26,29-32H,1-3,6,11-12,17-25H2. The van der Waals surface area contributed by atoms with Crippen LogP contribution in [-0.2, 0) is 33.8 Å². The van der Waals surface area contributed by atoms with E-state index in [4.69, 9.17) is 25.8 Å². The van der Waals surface area contributed by atoms with Crippen molar-refractivity contribution in [3.8, 4) is 0 Å². The van der Waals surface area contributed by atoms with Gasteiger partial charge in [-0.15, -0.1) is 10.2 Å². The minimum absolute atomic E-state index is 0.0516. The summed E-state index contributed by atoms with van der Waals surface area (Å²) in [5.74, 6) is 1.16. The summed E-state index contributed by atoms with van der Waals surface area (Å²) < 4.78 is 20.1. The average Bonchev–Trinajstić information content (AvgIpc) is 3.39. The Kier molecular flexibility index (Phi) is 12.5. The summed E-state index contributed by atoms with van der Waals surface area (Å²) in [5.41, 5.74) is 2.42. The van der Waals surface area contributed by atoms with Gasteiger partial charge in [0.1, 0.15) is 5.01 Å². The van der Waals surface area contributed by atoms with Crippen LogP contribution in [0.25, 0.3) is 0 Å². The van der Waals surface area contributed by atoms with Gasteiger partial charge in [-0.25, -0.2) is 0 Å². The summed E-state index contributed by atoms with van der Waals surface area (Å²) in [6.45, 7) is 1.86. The summed E-state index contributed by atoms with van der Waals surface area (Å²) in [6, 6.07) is 20.9. The summed E-state index contributed by atoms with van der Waals surface area (Å²) in [4.78, 5) is 0. The van der Waals surface area contributed by atoms with Gasteiger partial charge in [-0.2, -0.15) is 0 Å². The molecular formula is C34H45ClN2O3S. The number of ether oxygens (including phenoxy) is 3. The molecule has 2 aliphatic rings. The molecule has 41 heavy (non-hydrogen) atoms. The molecule has 5 unspecified atom stereocenters. The molecule has 222 valence electrons. The van der Waals surface area contributed by atoms with Crippen molar-refractivity contribution in [2.45, 2.75) is 109 Å². The fourth-order valence-electron chi connectivity index (χ4n) is 6.47. The average molecular weight is 597 g/mol. The molecule has 0 spiro atoms. The van der Waals surface area contributed by atoms with Gasteiger partial charge in [-0.05, 0) is 53.8 Å². The maximum atomic E-state index is 6.86. The molecule has 0 amide bonds. The molecule has 1 aromatic heterocycles. The van der Waals surface area contributed by atoms with Gasteiger partial charge in [-0.1, -0.05) is 111 Å². The minimum atomic E-state index is 0.0516. The fourth-order valence-corrected chi connectivity index (χ4v) is 7.45. The van der Waals surface area contributed by atoms with Crippen molar-refractivity contribution in [2.24, 2.45) is 11.8 Å². The third-order valence-corrected chi connectivity index (χ3v) is 9.74. The van der Waals surface area contributed by atoms with Crippen LogP contribution in [0.15, 0.2) is 60.7 Å². The van der Waals surface area contributed by atoms with Crippen LogP contribution in [-0.4, -0.2) is 35.1 Å². The zero-order valence-electron chi connectivity index (χ0n) is 24.2. The molecule has 5 atom stereocenters. The van der Waals surface area contributed by atoms with E-state index in [1.165, 1.54) is 80.3 Å². The zero-order chi connectivity index (χ0) is 28.1. The highest BCUT2D eigenvalue weighted by molar-refractivity contribution is 7.15. The van der Waals surface area contributed by atoms with E-state index in [0.29, 0.717) is 36.1 Å². The second kappa shape index (κ2) is 16.7. The first-order chi connectivity index (χ1) is 20.2. The van der Waals surface area contributed by atoms with E-state index in [0.717, 1.165) is 24.3 Å².